The van der Waals surface area contributed by atoms with Gasteiger partial charge < -0.3 is 0 Å². The Morgan fingerprint density at radius 2 is 1.67 bits per heavy atom. The van der Waals surface area contributed by atoms with Crippen molar-refractivity contribution in [2.75, 3.05) is 6.54 Å². The van der Waals surface area contributed by atoms with Crippen molar-refractivity contribution in [3.8, 4) is 0 Å². The topological polar surface area (TPSA) is 12.4 Å². The molecule has 5 heteroatoms. The van der Waals surface area contributed by atoms with Gasteiger partial charge in [0.25, 0.3) is 0 Å². The van der Waals surface area contributed by atoms with Crippen LogP contribution < -0.4 is 0 Å². The Hall–Kier alpha value is 1.41. The van der Waals surface area contributed by atoms with Crippen LogP contribution in [0.15, 0.2) is 3.34 Å². The van der Waals surface area contributed by atoms with Crippen molar-refractivity contribution < 1.29 is 20.9 Å². The zero-order chi connectivity index (χ0) is 4.83. The van der Waals surface area contributed by atoms with Crippen LogP contribution in [0.2, 0.25) is 0 Å². The third kappa shape index (κ3) is 26.6. The van der Waals surface area contributed by atoms with E-state index in [0.717, 1.165) is 6.54 Å². The number of unbranched alkanes of at least 4 members (excludes halogenated alkanes) is 1. The Balaban J connectivity index is -0.0000000417. The van der Waals surface area contributed by atoms with Crippen LogP contribution >= 0.6 is 37.2 Å². The molecular weight excluding hydrogens is 349 g/mol. The van der Waals surface area contributed by atoms with Crippen LogP contribution in [0, 0.1) is 0 Å². The average Bonchev–Trinajstić information content (AvgIpc) is 1.61. The predicted octanol–water partition coefficient (Wildman–Crippen LogP) is 2.78. The third-order valence-corrected chi connectivity index (χ3v) is 1.33. The Bertz CT molecular complexity index is 44.8. The molecule has 0 saturated heterocycles. The van der Waals surface area contributed by atoms with Crippen LogP contribution in [0.1, 0.15) is 19.8 Å². The summed E-state index contributed by atoms with van der Waals surface area (Å²) in [5.41, 5.74) is 0. The van der Waals surface area contributed by atoms with Crippen LogP contribution in [0.5, 0.6) is 0 Å². The molecule has 0 amide bonds. The quantitative estimate of drug-likeness (QED) is 0.686. The second-order valence-electron chi connectivity index (χ2n) is 1.22. The fraction of sp³-hybridized carbons (Fsp3) is 1.00. The van der Waals surface area contributed by atoms with Crippen molar-refractivity contribution in [2.45, 2.75) is 19.8 Å². The van der Waals surface area contributed by atoms with Crippen LogP contribution in [0.4, 0.5) is 0 Å². The molecule has 1 nitrogen and oxygen atoms in total. The van der Waals surface area contributed by atoms with Gasteiger partial charge in [-0.1, -0.05) is 0 Å². The van der Waals surface area contributed by atoms with Crippen LogP contribution in [0.3, 0.4) is 0 Å². The zero-order valence-corrected chi connectivity index (χ0v) is 10.9. The summed E-state index contributed by atoms with van der Waals surface area (Å²) in [5, 5.41) is 0. The first-order chi connectivity index (χ1) is 2.91. The molecule has 0 aromatic carbocycles. The molecule has 0 aliphatic heterocycles. The van der Waals surface area contributed by atoms with Crippen molar-refractivity contribution >= 4 is 37.2 Å². The van der Waals surface area contributed by atoms with Gasteiger partial charge in [0.05, 0.1) is 0 Å². The van der Waals surface area contributed by atoms with E-state index in [1.807, 2.05) is 0 Å². The van der Waals surface area contributed by atoms with E-state index in [1.54, 1.807) is 0 Å². The largest absolute Gasteiger partial charge is 0.147 e. The van der Waals surface area contributed by atoms with E-state index >= 15 is 0 Å². The normalized spacial score (nSPS) is 5.33. The van der Waals surface area contributed by atoms with Crippen molar-refractivity contribution in [3.05, 3.63) is 0 Å². The third-order valence-electron chi connectivity index (χ3n) is 0.612. The van der Waals surface area contributed by atoms with Gasteiger partial charge in [-0.25, -0.2) is 0 Å². The van der Waals surface area contributed by atoms with Gasteiger partial charge in [0.15, 0.2) is 0 Å². The molecular formula is C4H12Cl3NTa. The maximum absolute atomic E-state index is 4.04. The summed E-state index contributed by atoms with van der Waals surface area (Å²) < 4.78 is 4.04. The average molecular weight is 361 g/mol. The molecule has 0 saturated carbocycles. The summed E-state index contributed by atoms with van der Waals surface area (Å²) in [6.45, 7) is 3.27. The first-order valence-electron chi connectivity index (χ1n) is 2.22. The summed E-state index contributed by atoms with van der Waals surface area (Å²) in [5.74, 6) is 0. The molecule has 59 valence electrons. The van der Waals surface area contributed by atoms with E-state index in [9.17, 15) is 0 Å². The minimum atomic E-state index is 0. The Kier molecular flexibility index (Phi) is 56.7. The molecule has 0 unspecified atom stereocenters. The molecule has 0 heterocycles. The number of halogens is 3. The summed E-state index contributed by atoms with van der Waals surface area (Å²) in [6, 6.07) is 0. The van der Waals surface area contributed by atoms with E-state index in [4.69, 9.17) is 0 Å². The first kappa shape index (κ1) is 22.4. The number of hydrogen-bond acceptors (Lipinski definition) is 1. The SMILES string of the molecule is CCCC[N]=[Ta].Cl.Cl.Cl. The molecule has 0 fully saturated rings. The summed E-state index contributed by atoms with van der Waals surface area (Å²) >= 11 is 1.19. The Labute approximate surface area is 87.4 Å². The van der Waals surface area contributed by atoms with Crippen molar-refractivity contribution in [1.29, 1.82) is 0 Å². The van der Waals surface area contributed by atoms with E-state index in [-0.39, 0.29) is 37.2 Å². The van der Waals surface area contributed by atoms with E-state index in [1.165, 1.54) is 33.7 Å². The summed E-state index contributed by atoms with van der Waals surface area (Å²) in [4.78, 5) is 0. The van der Waals surface area contributed by atoms with E-state index in [0.29, 0.717) is 0 Å². The van der Waals surface area contributed by atoms with Gasteiger partial charge in [0.2, 0.25) is 0 Å². The van der Waals surface area contributed by atoms with Crippen LogP contribution in [-0.4, -0.2) is 6.54 Å². The van der Waals surface area contributed by atoms with Crippen molar-refractivity contribution in [1.82, 2.24) is 0 Å². The molecule has 9 heavy (non-hydrogen) atoms. The van der Waals surface area contributed by atoms with E-state index in [2.05, 4.69) is 10.3 Å². The maximum atomic E-state index is 4.04. The summed E-state index contributed by atoms with van der Waals surface area (Å²) in [7, 11) is 0. The summed E-state index contributed by atoms with van der Waals surface area (Å²) in [6.07, 6.45) is 2.55. The second kappa shape index (κ2) is 22.7. The zero-order valence-electron chi connectivity index (χ0n) is 5.24. The molecule has 0 radical (unpaired) electrons. The van der Waals surface area contributed by atoms with Gasteiger partial charge in [-0.05, 0) is 0 Å². The molecule has 0 aromatic heterocycles. The Morgan fingerprint density at radius 3 is 1.78 bits per heavy atom. The van der Waals surface area contributed by atoms with Gasteiger partial charge in [0.1, 0.15) is 0 Å². The van der Waals surface area contributed by atoms with Gasteiger partial charge in [-0.15, -0.1) is 37.2 Å². The fourth-order valence-corrected chi connectivity index (χ4v) is 0.737. The smallest absolute Gasteiger partial charge is 0.147 e. The standard InChI is InChI=1S/C4H9N.3ClH.Ta/c1-2-3-4-5;;;;/h2-4H2,1H3;3*1H;. The second-order valence-corrected chi connectivity index (χ2v) is 2.23. The molecule has 0 aliphatic rings. The predicted molar refractivity (Wildman–Crippen MR) is 43.9 cm³/mol. The number of hydrogen-bond donors (Lipinski definition) is 0. The molecule has 0 aromatic rings. The van der Waals surface area contributed by atoms with Gasteiger partial charge in [-0.2, -0.15) is 0 Å². The maximum Gasteiger partial charge on any atom is -0.147 e. The van der Waals surface area contributed by atoms with Crippen LogP contribution in [0.25, 0.3) is 0 Å². The fourth-order valence-electron chi connectivity index (χ4n) is 0.229. The molecule has 0 bridgehead atoms. The van der Waals surface area contributed by atoms with Crippen molar-refractivity contribution in [2.24, 2.45) is 3.34 Å². The minimum Gasteiger partial charge on any atom is -0.147 e. The van der Waals surface area contributed by atoms with Crippen molar-refractivity contribution in [3.63, 3.8) is 0 Å². The van der Waals surface area contributed by atoms with Gasteiger partial charge in [-0.3, -0.25) is 0 Å². The molecule has 0 N–H and O–H groups in total. The Morgan fingerprint density at radius 1 is 1.22 bits per heavy atom. The molecule has 0 aliphatic carbocycles. The number of rotatable bonds is 3. The van der Waals surface area contributed by atoms with Crippen LogP contribution in [-0.2, 0) is 20.9 Å². The molecule has 0 atom stereocenters. The van der Waals surface area contributed by atoms with Gasteiger partial charge >= 0.3 is 50.5 Å². The molecule has 0 spiro atoms. The van der Waals surface area contributed by atoms with Gasteiger partial charge in [0, 0.05) is 0 Å². The first-order valence-corrected chi connectivity index (χ1v) is 3.66. The van der Waals surface area contributed by atoms with E-state index < -0.39 is 0 Å². The molecule has 0 rings (SSSR count). The number of nitrogens with zero attached hydrogens (tertiary/aromatic N) is 1. The minimum absolute atomic E-state index is 0. The monoisotopic (exact) mass is 360 g/mol.